The average Bonchev–Trinajstić information content (AvgIpc) is 2.67. The highest BCUT2D eigenvalue weighted by molar-refractivity contribution is 5.06. The topological polar surface area (TPSA) is 65.1 Å². The van der Waals surface area contributed by atoms with Crippen LogP contribution >= 0.6 is 0 Å². The van der Waals surface area contributed by atoms with Crippen molar-refractivity contribution in [3.8, 4) is 0 Å². The van der Waals surface area contributed by atoms with Crippen LogP contribution in [0.1, 0.15) is 25.1 Å². The highest BCUT2D eigenvalue weighted by atomic mass is 16.5. The molecule has 80 valence electrons. The molecule has 3 N–H and O–H groups in total. The molecule has 1 unspecified atom stereocenters. The Labute approximate surface area is 84.2 Å². The molecule has 0 saturated carbocycles. The van der Waals surface area contributed by atoms with Crippen LogP contribution in [0.15, 0.2) is 12.3 Å². The van der Waals surface area contributed by atoms with Crippen molar-refractivity contribution in [3.05, 3.63) is 18.0 Å². The van der Waals surface area contributed by atoms with E-state index < -0.39 is 0 Å². The van der Waals surface area contributed by atoms with E-state index >= 15 is 0 Å². The first-order valence-electron chi connectivity index (χ1n) is 4.80. The molecule has 0 radical (unpaired) electrons. The van der Waals surface area contributed by atoms with Crippen molar-refractivity contribution in [2.45, 2.75) is 25.9 Å². The van der Waals surface area contributed by atoms with Crippen LogP contribution in [0.3, 0.4) is 0 Å². The molecule has 0 bridgehead atoms. The lowest BCUT2D eigenvalue weighted by Crippen LogP contribution is -2.30. The summed E-state index contributed by atoms with van der Waals surface area (Å²) in [7, 11) is 1.69. The lowest BCUT2D eigenvalue weighted by molar-refractivity contribution is 0.181. The van der Waals surface area contributed by atoms with Gasteiger partial charge in [0.2, 0.25) is 0 Å². The smallest absolute Gasteiger partial charge is 0.0650 e. The molecule has 1 atom stereocenters. The summed E-state index contributed by atoms with van der Waals surface area (Å²) in [4.78, 5) is 0. The molecule has 1 rings (SSSR count). The lowest BCUT2D eigenvalue weighted by atomic mass is 10.1. The molecule has 5 heteroatoms. The Morgan fingerprint density at radius 2 is 2.50 bits per heavy atom. The molecule has 14 heavy (non-hydrogen) atoms. The molecule has 5 nitrogen and oxygen atoms in total. The molecular weight excluding hydrogens is 180 g/mol. The van der Waals surface area contributed by atoms with Crippen molar-refractivity contribution < 1.29 is 4.74 Å². The zero-order chi connectivity index (χ0) is 10.4. The van der Waals surface area contributed by atoms with Gasteiger partial charge >= 0.3 is 0 Å². The van der Waals surface area contributed by atoms with E-state index in [2.05, 4.69) is 17.4 Å². The van der Waals surface area contributed by atoms with Gasteiger partial charge in [-0.1, -0.05) is 0 Å². The normalized spacial score (nSPS) is 13.1. The van der Waals surface area contributed by atoms with Crippen LogP contribution in [-0.2, 0) is 11.3 Å². The molecule has 0 aliphatic carbocycles. The van der Waals surface area contributed by atoms with Gasteiger partial charge in [0.05, 0.1) is 11.7 Å². The monoisotopic (exact) mass is 198 g/mol. The molecule has 0 fully saturated rings. The van der Waals surface area contributed by atoms with E-state index in [0.717, 1.165) is 18.7 Å². The summed E-state index contributed by atoms with van der Waals surface area (Å²) in [5.41, 5.74) is 3.88. The van der Waals surface area contributed by atoms with Crippen LogP contribution in [0.25, 0.3) is 0 Å². The van der Waals surface area contributed by atoms with E-state index in [4.69, 9.17) is 10.6 Å². The number of rotatable bonds is 6. The van der Waals surface area contributed by atoms with Gasteiger partial charge < -0.3 is 4.74 Å². The Balaban J connectivity index is 2.67. The number of hydrogen-bond donors (Lipinski definition) is 2. The van der Waals surface area contributed by atoms with Crippen LogP contribution in [0.2, 0.25) is 0 Å². The summed E-state index contributed by atoms with van der Waals surface area (Å²) in [6, 6.07) is 2.08. The van der Waals surface area contributed by atoms with Crippen molar-refractivity contribution in [2.75, 3.05) is 13.7 Å². The maximum Gasteiger partial charge on any atom is 0.0650 e. The highest BCUT2D eigenvalue weighted by Gasteiger charge is 2.13. The third kappa shape index (κ3) is 2.54. The van der Waals surface area contributed by atoms with Crippen LogP contribution in [0, 0.1) is 0 Å². The van der Waals surface area contributed by atoms with Gasteiger partial charge in [0.15, 0.2) is 0 Å². The zero-order valence-electron chi connectivity index (χ0n) is 8.73. The van der Waals surface area contributed by atoms with E-state index in [9.17, 15) is 0 Å². The molecule has 0 spiro atoms. The molecule has 0 saturated heterocycles. The number of hydrazine groups is 1. The van der Waals surface area contributed by atoms with Gasteiger partial charge in [-0.3, -0.25) is 16.0 Å². The van der Waals surface area contributed by atoms with Crippen molar-refractivity contribution in [3.63, 3.8) is 0 Å². The lowest BCUT2D eigenvalue weighted by Gasteiger charge is -2.16. The molecule has 1 heterocycles. The van der Waals surface area contributed by atoms with Crippen molar-refractivity contribution >= 4 is 0 Å². The SMILES string of the molecule is CCn1nccc1C(CCOC)NN. The van der Waals surface area contributed by atoms with Gasteiger partial charge in [0.25, 0.3) is 0 Å². The van der Waals surface area contributed by atoms with E-state index in [1.165, 1.54) is 0 Å². The number of nitrogens with one attached hydrogen (secondary N) is 1. The molecule has 0 aromatic carbocycles. The number of nitrogens with two attached hydrogens (primary N) is 1. The second kappa shape index (κ2) is 5.74. The predicted octanol–water partition coefficient (Wildman–Crippen LogP) is 0.444. The van der Waals surface area contributed by atoms with Gasteiger partial charge in [-0.25, -0.2) is 0 Å². The quantitative estimate of drug-likeness (QED) is 0.514. The minimum atomic E-state index is 0.109. The Morgan fingerprint density at radius 1 is 1.71 bits per heavy atom. The molecule has 0 amide bonds. The van der Waals surface area contributed by atoms with Crippen molar-refractivity contribution in [1.29, 1.82) is 0 Å². The third-order valence-corrected chi connectivity index (χ3v) is 2.22. The Bertz CT molecular complexity index is 261. The average molecular weight is 198 g/mol. The van der Waals surface area contributed by atoms with Gasteiger partial charge in [-0.15, -0.1) is 0 Å². The number of aryl methyl sites for hydroxylation is 1. The number of methoxy groups -OCH3 is 1. The molecular formula is C9H18N4O. The highest BCUT2D eigenvalue weighted by Crippen LogP contribution is 2.15. The fraction of sp³-hybridized carbons (Fsp3) is 0.667. The number of ether oxygens (including phenoxy) is 1. The van der Waals surface area contributed by atoms with E-state index in [1.807, 2.05) is 10.7 Å². The molecule has 1 aromatic rings. The van der Waals surface area contributed by atoms with Crippen LogP contribution in [-0.4, -0.2) is 23.5 Å². The Hall–Kier alpha value is -0.910. The maximum absolute atomic E-state index is 5.48. The summed E-state index contributed by atoms with van der Waals surface area (Å²) >= 11 is 0. The zero-order valence-corrected chi connectivity index (χ0v) is 8.73. The van der Waals surface area contributed by atoms with E-state index in [-0.39, 0.29) is 6.04 Å². The van der Waals surface area contributed by atoms with Gasteiger partial charge in [0, 0.05) is 26.5 Å². The summed E-state index contributed by atoms with van der Waals surface area (Å²) in [6.45, 7) is 3.59. The fourth-order valence-corrected chi connectivity index (χ4v) is 1.46. The van der Waals surface area contributed by atoms with Crippen LogP contribution in [0.5, 0.6) is 0 Å². The van der Waals surface area contributed by atoms with Gasteiger partial charge in [-0.2, -0.15) is 5.10 Å². The number of aromatic nitrogens is 2. The Kier molecular flexibility index (Phi) is 4.58. The molecule has 1 aromatic heterocycles. The third-order valence-electron chi connectivity index (χ3n) is 2.22. The largest absolute Gasteiger partial charge is 0.385 e. The first kappa shape index (κ1) is 11.2. The number of nitrogens with zero attached hydrogens (tertiary/aromatic N) is 2. The standard InChI is InChI=1S/C9H18N4O/c1-3-13-9(4-6-11-13)8(12-10)5-7-14-2/h4,6,8,12H,3,5,7,10H2,1-2H3. The van der Waals surface area contributed by atoms with Gasteiger partial charge in [0.1, 0.15) is 0 Å². The molecule has 0 aliphatic rings. The van der Waals surface area contributed by atoms with Crippen molar-refractivity contribution in [2.24, 2.45) is 5.84 Å². The Morgan fingerprint density at radius 3 is 3.07 bits per heavy atom. The summed E-state index contributed by atoms with van der Waals surface area (Å²) in [6.07, 6.45) is 2.63. The second-order valence-corrected chi connectivity index (χ2v) is 3.07. The minimum Gasteiger partial charge on any atom is -0.385 e. The first-order chi connectivity index (χ1) is 6.83. The van der Waals surface area contributed by atoms with Crippen LogP contribution < -0.4 is 11.3 Å². The first-order valence-corrected chi connectivity index (χ1v) is 4.80. The van der Waals surface area contributed by atoms with Gasteiger partial charge in [-0.05, 0) is 19.4 Å². The summed E-state index contributed by atoms with van der Waals surface area (Å²) in [5, 5.41) is 4.19. The van der Waals surface area contributed by atoms with Crippen molar-refractivity contribution in [1.82, 2.24) is 15.2 Å². The fourth-order valence-electron chi connectivity index (χ4n) is 1.46. The summed E-state index contributed by atoms with van der Waals surface area (Å²) < 4.78 is 6.95. The summed E-state index contributed by atoms with van der Waals surface area (Å²) in [5.74, 6) is 5.48. The predicted molar refractivity (Wildman–Crippen MR) is 54.5 cm³/mol. The second-order valence-electron chi connectivity index (χ2n) is 3.07. The number of hydrogen-bond acceptors (Lipinski definition) is 4. The van der Waals surface area contributed by atoms with Crippen LogP contribution in [0.4, 0.5) is 0 Å². The van der Waals surface area contributed by atoms with E-state index in [1.54, 1.807) is 13.3 Å². The van der Waals surface area contributed by atoms with E-state index in [0.29, 0.717) is 6.61 Å². The molecule has 0 aliphatic heterocycles. The minimum absolute atomic E-state index is 0.109. The maximum atomic E-state index is 5.48.